The van der Waals surface area contributed by atoms with Crippen LogP contribution in [0.25, 0.3) is 0 Å². The zero-order valence-corrected chi connectivity index (χ0v) is 12.3. The molecular weight excluding hydrogens is 332 g/mol. The zero-order chi connectivity index (χ0) is 14.0. The predicted octanol–water partition coefficient (Wildman–Crippen LogP) is 3.76. The normalized spacial score (nSPS) is 10.3. The molecule has 1 aromatic carbocycles. The highest BCUT2D eigenvalue weighted by atomic mass is 79.9. The lowest BCUT2D eigenvalue weighted by Gasteiger charge is -2.07. The summed E-state index contributed by atoms with van der Waals surface area (Å²) in [5.41, 5.74) is 1.13. The van der Waals surface area contributed by atoms with E-state index in [4.69, 9.17) is 11.6 Å². The Hall–Kier alpha value is -1.59. The van der Waals surface area contributed by atoms with Gasteiger partial charge < -0.3 is 10.4 Å². The fourth-order valence-electron chi connectivity index (χ4n) is 1.45. The van der Waals surface area contributed by atoms with Crippen LogP contribution in [-0.4, -0.2) is 16.0 Å². The van der Waals surface area contributed by atoms with Crippen LogP contribution in [0.15, 0.2) is 34.8 Å². The highest BCUT2D eigenvalue weighted by Crippen LogP contribution is 2.24. The Morgan fingerprint density at radius 1 is 1.37 bits per heavy atom. The molecule has 0 aliphatic rings. The van der Waals surface area contributed by atoms with Gasteiger partial charge in [0.2, 0.25) is 0 Å². The van der Waals surface area contributed by atoms with E-state index in [1.807, 2.05) is 13.0 Å². The van der Waals surface area contributed by atoms with Gasteiger partial charge in [0.1, 0.15) is 11.6 Å². The molecule has 4 nitrogen and oxygen atoms in total. The maximum absolute atomic E-state index is 12.0. The molecule has 0 saturated carbocycles. The van der Waals surface area contributed by atoms with Crippen molar-refractivity contribution in [2.24, 2.45) is 0 Å². The molecule has 0 radical (unpaired) electrons. The average molecular weight is 342 g/mol. The van der Waals surface area contributed by atoms with Crippen LogP contribution in [0.3, 0.4) is 0 Å². The van der Waals surface area contributed by atoms with E-state index in [9.17, 15) is 9.90 Å². The molecule has 6 heteroatoms. The third-order valence-electron chi connectivity index (χ3n) is 2.47. The molecule has 1 heterocycles. The van der Waals surface area contributed by atoms with Gasteiger partial charge in [0.25, 0.3) is 5.91 Å². The Labute approximate surface area is 123 Å². The summed E-state index contributed by atoms with van der Waals surface area (Å²) < 4.78 is 0.873. The highest BCUT2D eigenvalue weighted by Gasteiger charge is 2.09. The fraction of sp³-hybridized carbons (Fsp3) is 0.0769. The molecule has 1 aromatic heterocycles. The van der Waals surface area contributed by atoms with E-state index in [0.717, 1.165) is 10.2 Å². The summed E-state index contributed by atoms with van der Waals surface area (Å²) in [5, 5.41) is 12.1. The number of phenolic OH excluding ortho intramolecular Hbond substituents is 1. The van der Waals surface area contributed by atoms with Gasteiger partial charge in [-0.05, 0) is 53.2 Å². The van der Waals surface area contributed by atoms with Gasteiger partial charge >= 0.3 is 0 Å². The molecule has 0 fully saturated rings. The third kappa shape index (κ3) is 3.24. The number of anilines is 1. The number of hydrogen-bond acceptors (Lipinski definition) is 3. The maximum Gasteiger partial charge on any atom is 0.256 e. The van der Waals surface area contributed by atoms with Gasteiger partial charge in [-0.3, -0.25) is 4.79 Å². The standard InChI is InChI=1S/C13H10BrClN2O2/c1-7-9(14)3-5-12(16-7)17-13(19)8-2-4-11(18)10(15)6-8/h2-6,18H,1H3,(H,16,17,19). The number of carbonyl (C=O) groups is 1. The van der Waals surface area contributed by atoms with Gasteiger partial charge in [-0.1, -0.05) is 11.6 Å². The van der Waals surface area contributed by atoms with Gasteiger partial charge in [0.05, 0.1) is 10.7 Å². The molecular formula is C13H10BrClN2O2. The van der Waals surface area contributed by atoms with E-state index in [1.54, 1.807) is 6.07 Å². The van der Waals surface area contributed by atoms with E-state index in [-0.39, 0.29) is 16.7 Å². The van der Waals surface area contributed by atoms with E-state index in [0.29, 0.717) is 11.4 Å². The minimum atomic E-state index is -0.337. The minimum Gasteiger partial charge on any atom is -0.506 e. The monoisotopic (exact) mass is 340 g/mol. The topological polar surface area (TPSA) is 62.2 Å². The first-order valence-corrected chi connectivity index (χ1v) is 6.57. The van der Waals surface area contributed by atoms with E-state index in [1.165, 1.54) is 18.2 Å². The average Bonchev–Trinajstić information content (AvgIpc) is 2.37. The largest absolute Gasteiger partial charge is 0.506 e. The van der Waals surface area contributed by atoms with Gasteiger partial charge in [-0.2, -0.15) is 0 Å². The fourth-order valence-corrected chi connectivity index (χ4v) is 1.85. The Balaban J connectivity index is 2.20. The van der Waals surface area contributed by atoms with E-state index in [2.05, 4.69) is 26.2 Å². The lowest BCUT2D eigenvalue weighted by molar-refractivity contribution is 0.102. The molecule has 0 aliphatic carbocycles. The maximum atomic E-state index is 12.0. The van der Waals surface area contributed by atoms with Crippen molar-refractivity contribution < 1.29 is 9.90 Å². The molecule has 1 amide bonds. The lowest BCUT2D eigenvalue weighted by Crippen LogP contribution is -2.13. The van der Waals surface area contributed by atoms with Crippen LogP contribution in [0.5, 0.6) is 5.75 Å². The van der Waals surface area contributed by atoms with Crippen LogP contribution in [0.1, 0.15) is 16.1 Å². The number of pyridine rings is 1. The van der Waals surface area contributed by atoms with Crippen molar-refractivity contribution in [2.45, 2.75) is 6.92 Å². The molecule has 98 valence electrons. The number of nitrogens with one attached hydrogen (secondary N) is 1. The van der Waals surface area contributed by atoms with Crippen molar-refractivity contribution in [3.05, 3.63) is 51.1 Å². The minimum absolute atomic E-state index is 0.0594. The summed E-state index contributed by atoms with van der Waals surface area (Å²) in [6.45, 7) is 1.83. The SMILES string of the molecule is Cc1nc(NC(=O)c2ccc(O)c(Cl)c2)ccc1Br. The summed E-state index contributed by atoms with van der Waals surface area (Å²) in [7, 11) is 0. The summed E-state index contributed by atoms with van der Waals surface area (Å²) in [6, 6.07) is 7.76. The number of benzene rings is 1. The second-order valence-corrected chi connectivity index (χ2v) is 5.15. The van der Waals surface area contributed by atoms with Crippen molar-refractivity contribution in [3.8, 4) is 5.75 Å². The van der Waals surface area contributed by atoms with Crippen LogP contribution in [-0.2, 0) is 0 Å². The van der Waals surface area contributed by atoms with Crippen LogP contribution in [0.2, 0.25) is 5.02 Å². The highest BCUT2D eigenvalue weighted by molar-refractivity contribution is 9.10. The second kappa shape index (κ2) is 5.59. The summed E-state index contributed by atoms with van der Waals surface area (Å²) >= 11 is 9.09. The number of hydrogen-bond donors (Lipinski definition) is 2. The molecule has 0 atom stereocenters. The summed E-state index contributed by atoms with van der Waals surface area (Å²) in [6.07, 6.45) is 0. The van der Waals surface area contributed by atoms with E-state index < -0.39 is 0 Å². The van der Waals surface area contributed by atoms with Gasteiger partial charge in [0, 0.05) is 10.0 Å². The summed E-state index contributed by atoms with van der Waals surface area (Å²) in [4.78, 5) is 16.2. The number of aromatic hydroxyl groups is 1. The molecule has 2 rings (SSSR count). The number of halogens is 2. The Kier molecular flexibility index (Phi) is 4.07. The number of aromatic nitrogens is 1. The first kappa shape index (κ1) is 13.8. The van der Waals surface area contributed by atoms with Crippen molar-refractivity contribution >= 4 is 39.3 Å². The smallest absolute Gasteiger partial charge is 0.256 e. The zero-order valence-electron chi connectivity index (χ0n) is 9.95. The number of nitrogens with zero attached hydrogens (tertiary/aromatic N) is 1. The molecule has 0 saturated heterocycles. The molecule has 0 unspecified atom stereocenters. The number of amides is 1. The van der Waals surface area contributed by atoms with Gasteiger partial charge in [0.15, 0.2) is 0 Å². The Morgan fingerprint density at radius 3 is 2.74 bits per heavy atom. The van der Waals surface area contributed by atoms with Crippen LogP contribution >= 0.6 is 27.5 Å². The van der Waals surface area contributed by atoms with Gasteiger partial charge in [-0.25, -0.2) is 4.98 Å². The predicted molar refractivity (Wildman–Crippen MR) is 77.7 cm³/mol. The lowest BCUT2D eigenvalue weighted by atomic mass is 10.2. The van der Waals surface area contributed by atoms with Crippen LogP contribution < -0.4 is 5.32 Å². The van der Waals surface area contributed by atoms with Crippen molar-refractivity contribution in [2.75, 3.05) is 5.32 Å². The van der Waals surface area contributed by atoms with Crippen molar-refractivity contribution in [1.29, 1.82) is 0 Å². The van der Waals surface area contributed by atoms with Gasteiger partial charge in [-0.15, -0.1) is 0 Å². The number of aryl methyl sites for hydroxylation is 1. The van der Waals surface area contributed by atoms with Crippen LogP contribution in [0, 0.1) is 6.92 Å². The number of rotatable bonds is 2. The first-order chi connectivity index (χ1) is 8.97. The Morgan fingerprint density at radius 2 is 2.11 bits per heavy atom. The number of carbonyl (C=O) groups excluding carboxylic acids is 1. The summed E-state index contributed by atoms with van der Waals surface area (Å²) in [5.74, 6) is 0.0573. The molecule has 0 bridgehead atoms. The molecule has 19 heavy (non-hydrogen) atoms. The van der Waals surface area contributed by atoms with Crippen molar-refractivity contribution in [1.82, 2.24) is 4.98 Å². The Bertz CT molecular complexity index is 647. The quantitative estimate of drug-likeness (QED) is 0.874. The first-order valence-electron chi connectivity index (χ1n) is 5.40. The third-order valence-corrected chi connectivity index (χ3v) is 3.61. The number of phenols is 1. The molecule has 2 N–H and O–H groups in total. The van der Waals surface area contributed by atoms with E-state index >= 15 is 0 Å². The second-order valence-electron chi connectivity index (χ2n) is 3.88. The molecule has 0 aliphatic heterocycles. The molecule has 2 aromatic rings. The molecule has 0 spiro atoms. The van der Waals surface area contributed by atoms with Crippen LogP contribution in [0.4, 0.5) is 5.82 Å². The van der Waals surface area contributed by atoms with Crippen molar-refractivity contribution in [3.63, 3.8) is 0 Å².